The van der Waals surface area contributed by atoms with E-state index < -0.39 is 5.79 Å². The molecule has 0 bridgehead atoms. The van der Waals surface area contributed by atoms with Gasteiger partial charge in [-0.2, -0.15) is 5.26 Å². The van der Waals surface area contributed by atoms with Gasteiger partial charge in [0.25, 0.3) is 5.91 Å². The number of benzene rings is 1. The van der Waals surface area contributed by atoms with Gasteiger partial charge < -0.3 is 19.7 Å². The van der Waals surface area contributed by atoms with Crippen molar-refractivity contribution in [1.82, 2.24) is 9.97 Å². The van der Waals surface area contributed by atoms with Gasteiger partial charge in [0, 0.05) is 37.8 Å². The third kappa shape index (κ3) is 3.74. The van der Waals surface area contributed by atoms with Gasteiger partial charge in [-0.25, -0.2) is 9.97 Å². The van der Waals surface area contributed by atoms with Crippen LogP contribution in [0, 0.1) is 11.3 Å². The van der Waals surface area contributed by atoms with Crippen LogP contribution in [0.3, 0.4) is 0 Å². The fourth-order valence-electron chi connectivity index (χ4n) is 3.32. The van der Waals surface area contributed by atoms with Crippen molar-refractivity contribution < 1.29 is 14.3 Å². The summed E-state index contributed by atoms with van der Waals surface area (Å²) in [6, 6.07) is 10.4. The van der Waals surface area contributed by atoms with Gasteiger partial charge in [0.1, 0.15) is 5.69 Å². The molecule has 1 spiro atoms. The van der Waals surface area contributed by atoms with Crippen LogP contribution in [0.4, 0.5) is 11.6 Å². The summed E-state index contributed by atoms with van der Waals surface area (Å²) in [5.74, 6) is -0.289. The first kappa shape index (κ1) is 17.4. The van der Waals surface area contributed by atoms with E-state index in [4.69, 9.17) is 14.7 Å². The van der Waals surface area contributed by atoms with Crippen LogP contribution in [-0.4, -0.2) is 48.0 Å². The largest absolute Gasteiger partial charge is 0.347 e. The average molecular weight is 365 g/mol. The molecule has 1 aromatic carbocycles. The van der Waals surface area contributed by atoms with Crippen molar-refractivity contribution in [2.75, 3.05) is 36.5 Å². The van der Waals surface area contributed by atoms with Gasteiger partial charge >= 0.3 is 0 Å². The van der Waals surface area contributed by atoms with E-state index in [1.807, 2.05) is 11.0 Å². The van der Waals surface area contributed by atoms with Crippen LogP contribution in [0.15, 0.2) is 36.5 Å². The molecule has 3 heterocycles. The van der Waals surface area contributed by atoms with Gasteiger partial charge in [0.15, 0.2) is 5.79 Å². The summed E-state index contributed by atoms with van der Waals surface area (Å²) in [6.07, 6.45) is 3.07. The number of hydrogen-bond donors (Lipinski definition) is 1. The van der Waals surface area contributed by atoms with Gasteiger partial charge in [0.2, 0.25) is 5.95 Å². The molecule has 0 radical (unpaired) electrons. The van der Waals surface area contributed by atoms with E-state index in [0.29, 0.717) is 43.5 Å². The van der Waals surface area contributed by atoms with Crippen LogP contribution < -0.4 is 10.2 Å². The first-order chi connectivity index (χ1) is 13.2. The Hall–Kier alpha value is -3.02. The topological polar surface area (TPSA) is 100 Å². The Morgan fingerprint density at radius 2 is 2.00 bits per heavy atom. The molecule has 2 fully saturated rings. The smallest absolute Gasteiger partial charge is 0.274 e. The molecule has 2 aromatic rings. The van der Waals surface area contributed by atoms with E-state index in [1.54, 1.807) is 36.5 Å². The summed E-state index contributed by atoms with van der Waals surface area (Å²) < 4.78 is 11.5. The number of nitriles is 1. The minimum absolute atomic E-state index is 0.274. The maximum absolute atomic E-state index is 12.5. The van der Waals surface area contributed by atoms with Crippen LogP contribution in [0.2, 0.25) is 0 Å². The predicted molar refractivity (Wildman–Crippen MR) is 97.2 cm³/mol. The molecule has 1 aromatic heterocycles. The number of piperidine rings is 1. The second-order valence-electron chi connectivity index (χ2n) is 6.48. The van der Waals surface area contributed by atoms with Crippen LogP contribution >= 0.6 is 0 Å². The molecule has 27 heavy (non-hydrogen) atoms. The number of anilines is 2. The lowest BCUT2D eigenvalue weighted by molar-refractivity contribution is -0.169. The number of hydrogen-bond acceptors (Lipinski definition) is 7. The highest BCUT2D eigenvalue weighted by molar-refractivity contribution is 6.03. The second kappa shape index (κ2) is 7.31. The van der Waals surface area contributed by atoms with E-state index in [9.17, 15) is 4.79 Å². The standard InChI is InChI=1S/C19H19N5O3/c20-13-14-2-1-3-15(12-14)22-17(25)16-4-7-21-18(23-16)24-8-5-19(6-9-24)26-10-11-27-19/h1-4,7,12H,5-6,8-11H2,(H,22,25). The molecule has 0 unspecified atom stereocenters. The van der Waals surface area contributed by atoms with Crippen molar-refractivity contribution >= 4 is 17.5 Å². The quantitative estimate of drug-likeness (QED) is 0.887. The second-order valence-corrected chi connectivity index (χ2v) is 6.48. The lowest BCUT2D eigenvalue weighted by atomic mass is 10.0. The summed E-state index contributed by atoms with van der Waals surface area (Å²) >= 11 is 0. The minimum atomic E-state index is -0.461. The minimum Gasteiger partial charge on any atom is -0.347 e. The van der Waals surface area contributed by atoms with Gasteiger partial charge in [-0.1, -0.05) is 6.07 Å². The molecule has 8 heteroatoms. The van der Waals surface area contributed by atoms with E-state index in [-0.39, 0.29) is 11.6 Å². The molecule has 0 aliphatic carbocycles. The summed E-state index contributed by atoms with van der Waals surface area (Å²) in [5, 5.41) is 11.7. The number of rotatable bonds is 3. The Morgan fingerprint density at radius 3 is 2.74 bits per heavy atom. The van der Waals surface area contributed by atoms with Gasteiger partial charge in [-0.05, 0) is 24.3 Å². The Labute approximate surface area is 156 Å². The molecule has 4 rings (SSSR count). The fraction of sp³-hybridized carbons (Fsp3) is 0.368. The van der Waals surface area contributed by atoms with Crippen molar-refractivity contribution in [3.05, 3.63) is 47.8 Å². The van der Waals surface area contributed by atoms with Gasteiger partial charge in [0.05, 0.1) is 24.8 Å². The van der Waals surface area contributed by atoms with E-state index in [0.717, 1.165) is 12.8 Å². The number of amides is 1. The number of ether oxygens (including phenoxy) is 2. The summed E-state index contributed by atoms with van der Waals surface area (Å²) in [4.78, 5) is 23.3. The molecule has 0 saturated carbocycles. The predicted octanol–water partition coefficient (Wildman–Crippen LogP) is 1.94. The van der Waals surface area contributed by atoms with Crippen LogP contribution in [0.25, 0.3) is 0 Å². The summed E-state index contributed by atoms with van der Waals surface area (Å²) in [6.45, 7) is 2.68. The summed E-state index contributed by atoms with van der Waals surface area (Å²) in [5.41, 5.74) is 1.31. The lowest BCUT2D eigenvalue weighted by Gasteiger charge is -2.37. The number of nitrogens with zero attached hydrogens (tertiary/aromatic N) is 4. The van der Waals surface area contributed by atoms with Crippen molar-refractivity contribution in [3.8, 4) is 6.07 Å². The molecule has 1 amide bonds. The molecular weight excluding hydrogens is 346 g/mol. The van der Waals surface area contributed by atoms with E-state index >= 15 is 0 Å². The van der Waals surface area contributed by atoms with Gasteiger partial charge in [-0.3, -0.25) is 4.79 Å². The first-order valence-corrected chi connectivity index (χ1v) is 8.85. The first-order valence-electron chi connectivity index (χ1n) is 8.85. The zero-order valence-electron chi connectivity index (χ0n) is 14.7. The van der Waals surface area contributed by atoms with Crippen LogP contribution in [0.5, 0.6) is 0 Å². The molecule has 8 nitrogen and oxygen atoms in total. The molecular formula is C19H19N5O3. The van der Waals surface area contributed by atoms with E-state index in [2.05, 4.69) is 15.3 Å². The van der Waals surface area contributed by atoms with E-state index in [1.165, 1.54) is 0 Å². The van der Waals surface area contributed by atoms with Crippen molar-refractivity contribution in [2.24, 2.45) is 0 Å². The SMILES string of the molecule is N#Cc1cccc(NC(=O)c2ccnc(N3CCC4(CC3)OCCO4)n2)c1. The van der Waals surface area contributed by atoms with Crippen LogP contribution in [0.1, 0.15) is 28.9 Å². The fourth-order valence-corrected chi connectivity index (χ4v) is 3.32. The highest BCUT2D eigenvalue weighted by Crippen LogP contribution is 2.32. The molecule has 138 valence electrons. The normalized spacial score (nSPS) is 18.3. The van der Waals surface area contributed by atoms with Crippen LogP contribution in [-0.2, 0) is 9.47 Å². The monoisotopic (exact) mass is 365 g/mol. The zero-order chi connectivity index (χ0) is 18.7. The Balaban J connectivity index is 1.44. The highest BCUT2D eigenvalue weighted by Gasteiger charge is 2.40. The Bertz CT molecular complexity index is 879. The maximum atomic E-state index is 12.5. The third-order valence-electron chi connectivity index (χ3n) is 4.75. The average Bonchev–Trinajstić information content (AvgIpc) is 3.16. The number of nitrogens with one attached hydrogen (secondary N) is 1. The Kier molecular flexibility index (Phi) is 4.71. The highest BCUT2D eigenvalue weighted by atomic mass is 16.7. The molecule has 1 N–H and O–H groups in total. The number of aromatic nitrogens is 2. The molecule has 2 saturated heterocycles. The van der Waals surface area contributed by atoms with Gasteiger partial charge in [-0.15, -0.1) is 0 Å². The molecule has 0 atom stereocenters. The number of carbonyl (C=O) groups excluding carboxylic acids is 1. The maximum Gasteiger partial charge on any atom is 0.274 e. The Morgan fingerprint density at radius 1 is 1.22 bits per heavy atom. The van der Waals surface area contributed by atoms with Crippen molar-refractivity contribution in [1.29, 1.82) is 5.26 Å². The summed E-state index contributed by atoms with van der Waals surface area (Å²) in [7, 11) is 0. The molecule has 2 aliphatic rings. The lowest BCUT2D eigenvalue weighted by Crippen LogP contribution is -2.45. The number of carbonyl (C=O) groups is 1. The third-order valence-corrected chi connectivity index (χ3v) is 4.75. The van der Waals surface area contributed by atoms with Crippen molar-refractivity contribution in [3.63, 3.8) is 0 Å². The molecule has 2 aliphatic heterocycles. The van der Waals surface area contributed by atoms with Crippen molar-refractivity contribution in [2.45, 2.75) is 18.6 Å². The zero-order valence-corrected chi connectivity index (χ0v) is 14.7.